The first-order valence-electron chi connectivity index (χ1n) is 5.67. The van der Waals surface area contributed by atoms with E-state index in [1.165, 1.54) is 6.07 Å². The Morgan fingerprint density at radius 2 is 1.79 bits per heavy atom. The molecule has 0 aliphatic heterocycles. The second-order valence-corrected chi connectivity index (χ2v) is 4.05. The maximum Gasteiger partial charge on any atom is 0.315 e. The topological polar surface area (TPSA) is 84.2 Å². The summed E-state index contributed by atoms with van der Waals surface area (Å²) in [6, 6.07) is 8.72. The molecule has 0 aliphatic rings. The number of hydrogen-bond donors (Lipinski definition) is 2. The van der Waals surface area contributed by atoms with Crippen molar-refractivity contribution in [2.45, 2.75) is 13.8 Å². The monoisotopic (exact) mass is 259 g/mol. The molecule has 1 aromatic heterocycles. The molecule has 0 fully saturated rings. The Labute approximate surface area is 109 Å². The lowest BCUT2D eigenvalue weighted by molar-refractivity contribution is -0.133. The van der Waals surface area contributed by atoms with Crippen LogP contribution in [-0.2, 0) is 9.59 Å². The third-order valence-electron chi connectivity index (χ3n) is 2.47. The first-order valence-corrected chi connectivity index (χ1v) is 5.67. The number of para-hydroxylation sites is 1. The quantitative estimate of drug-likeness (QED) is 0.806. The fraction of sp³-hybridized carbons (Fsp3) is 0.154. The predicted octanol–water partition coefficient (Wildman–Crippen LogP) is 1.87. The normalized spacial score (nSPS) is 10.0. The zero-order valence-electron chi connectivity index (χ0n) is 10.6. The van der Waals surface area contributed by atoms with Gasteiger partial charge in [0.25, 0.3) is 0 Å². The average Bonchev–Trinajstić information content (AvgIpc) is 2.77. The van der Waals surface area contributed by atoms with Crippen molar-refractivity contribution in [2.24, 2.45) is 0 Å². The molecular formula is C13H13N3O3. The molecule has 0 spiro atoms. The number of nitrogens with zero attached hydrogens (tertiary/aromatic N) is 1. The minimum absolute atomic E-state index is 0.211. The van der Waals surface area contributed by atoms with Gasteiger partial charge in [-0.1, -0.05) is 23.4 Å². The maximum atomic E-state index is 11.7. The van der Waals surface area contributed by atoms with Crippen molar-refractivity contribution in [1.82, 2.24) is 5.16 Å². The number of benzene rings is 1. The molecule has 0 atom stereocenters. The number of amides is 2. The van der Waals surface area contributed by atoms with Crippen LogP contribution in [-0.4, -0.2) is 17.0 Å². The van der Waals surface area contributed by atoms with Crippen LogP contribution in [0.2, 0.25) is 0 Å². The van der Waals surface area contributed by atoms with Crippen molar-refractivity contribution in [3.8, 4) is 0 Å². The fourth-order valence-corrected chi connectivity index (χ4v) is 1.49. The van der Waals surface area contributed by atoms with Gasteiger partial charge in [0.2, 0.25) is 0 Å². The Kier molecular flexibility index (Phi) is 3.61. The minimum Gasteiger partial charge on any atom is -0.360 e. The number of aromatic nitrogens is 1. The van der Waals surface area contributed by atoms with Crippen LogP contribution in [0.1, 0.15) is 11.3 Å². The lowest BCUT2D eigenvalue weighted by Crippen LogP contribution is -2.29. The first kappa shape index (κ1) is 12.8. The lowest BCUT2D eigenvalue weighted by Gasteiger charge is -2.07. The summed E-state index contributed by atoms with van der Waals surface area (Å²) in [5.41, 5.74) is 1.47. The molecule has 6 nitrogen and oxygen atoms in total. The summed E-state index contributed by atoms with van der Waals surface area (Å²) in [5.74, 6) is -0.788. The molecule has 0 aliphatic carbocycles. The highest BCUT2D eigenvalue weighted by Crippen LogP contribution is 2.13. The molecule has 2 amide bonds. The molecule has 0 bridgehead atoms. The van der Waals surface area contributed by atoms with Gasteiger partial charge in [0.15, 0.2) is 5.82 Å². The van der Waals surface area contributed by atoms with Crippen LogP contribution < -0.4 is 10.6 Å². The van der Waals surface area contributed by atoms with Crippen LogP contribution in [0, 0.1) is 13.8 Å². The molecule has 0 saturated carbocycles. The Balaban J connectivity index is 2.00. The molecule has 6 heteroatoms. The van der Waals surface area contributed by atoms with E-state index in [9.17, 15) is 9.59 Å². The summed E-state index contributed by atoms with van der Waals surface area (Å²) in [7, 11) is 0. The summed E-state index contributed by atoms with van der Waals surface area (Å²) in [6.07, 6.45) is 0. The van der Waals surface area contributed by atoms with Gasteiger partial charge in [-0.05, 0) is 25.5 Å². The molecule has 98 valence electrons. The molecule has 2 aromatic rings. The van der Waals surface area contributed by atoms with E-state index in [1.54, 1.807) is 19.1 Å². The van der Waals surface area contributed by atoms with Gasteiger partial charge in [-0.15, -0.1) is 0 Å². The van der Waals surface area contributed by atoms with Crippen molar-refractivity contribution in [3.05, 3.63) is 41.7 Å². The molecule has 2 N–H and O–H groups in total. The summed E-state index contributed by atoms with van der Waals surface area (Å²) in [5, 5.41) is 8.45. The third-order valence-corrected chi connectivity index (χ3v) is 2.47. The minimum atomic E-state index is -0.795. The van der Waals surface area contributed by atoms with Crippen LogP contribution in [0.15, 0.2) is 34.9 Å². The standard InChI is InChI=1S/C13H13N3O3/c1-8-5-3-4-6-10(8)14-12(17)13(18)15-11-7-9(2)19-16-11/h3-7H,1-2H3,(H,14,17)(H,15,16,18). The zero-order valence-corrected chi connectivity index (χ0v) is 10.6. The summed E-state index contributed by atoms with van der Waals surface area (Å²) in [4.78, 5) is 23.3. The predicted molar refractivity (Wildman–Crippen MR) is 69.7 cm³/mol. The number of hydrogen-bond acceptors (Lipinski definition) is 4. The summed E-state index contributed by atoms with van der Waals surface area (Å²) >= 11 is 0. The third kappa shape index (κ3) is 3.19. The van der Waals surface area contributed by atoms with Crippen molar-refractivity contribution in [3.63, 3.8) is 0 Å². The molecule has 1 heterocycles. The van der Waals surface area contributed by atoms with E-state index in [0.29, 0.717) is 11.4 Å². The number of anilines is 2. The zero-order chi connectivity index (χ0) is 13.8. The molecule has 0 radical (unpaired) electrons. The molecule has 1 aromatic carbocycles. The van der Waals surface area contributed by atoms with Gasteiger partial charge in [0, 0.05) is 11.8 Å². The van der Waals surface area contributed by atoms with Gasteiger partial charge in [-0.25, -0.2) is 0 Å². The second kappa shape index (κ2) is 5.34. The second-order valence-electron chi connectivity index (χ2n) is 4.05. The molecule has 0 unspecified atom stereocenters. The smallest absolute Gasteiger partial charge is 0.315 e. The van der Waals surface area contributed by atoms with E-state index in [-0.39, 0.29) is 5.82 Å². The van der Waals surface area contributed by atoms with Gasteiger partial charge < -0.3 is 9.84 Å². The summed E-state index contributed by atoms with van der Waals surface area (Å²) < 4.78 is 4.79. The largest absolute Gasteiger partial charge is 0.360 e. The number of nitrogens with one attached hydrogen (secondary N) is 2. The van der Waals surface area contributed by atoms with Crippen LogP contribution in [0.5, 0.6) is 0 Å². The van der Waals surface area contributed by atoms with Gasteiger partial charge in [0.05, 0.1) is 0 Å². The Bertz CT molecular complexity index is 619. The number of carbonyl (C=O) groups is 2. The van der Waals surface area contributed by atoms with E-state index in [0.717, 1.165) is 5.56 Å². The number of rotatable bonds is 2. The molecule has 0 saturated heterocycles. The maximum absolute atomic E-state index is 11.7. The summed E-state index contributed by atoms with van der Waals surface area (Å²) in [6.45, 7) is 3.53. The van der Waals surface area contributed by atoms with E-state index in [2.05, 4.69) is 15.8 Å². The van der Waals surface area contributed by atoms with Gasteiger partial charge >= 0.3 is 11.8 Å². The molecule has 19 heavy (non-hydrogen) atoms. The Morgan fingerprint density at radius 3 is 2.42 bits per heavy atom. The molecule has 2 rings (SSSR count). The Morgan fingerprint density at radius 1 is 1.11 bits per heavy atom. The SMILES string of the molecule is Cc1cc(NC(=O)C(=O)Nc2ccccc2C)no1. The Hall–Kier alpha value is -2.63. The van der Waals surface area contributed by atoms with Crippen LogP contribution in [0.4, 0.5) is 11.5 Å². The highest BCUT2D eigenvalue weighted by atomic mass is 16.5. The molecular weight excluding hydrogens is 246 g/mol. The van der Waals surface area contributed by atoms with E-state index in [4.69, 9.17) is 4.52 Å². The first-order chi connectivity index (χ1) is 9.06. The van der Waals surface area contributed by atoms with Gasteiger partial charge in [-0.2, -0.15) is 0 Å². The van der Waals surface area contributed by atoms with Crippen LogP contribution >= 0.6 is 0 Å². The average molecular weight is 259 g/mol. The van der Waals surface area contributed by atoms with Crippen molar-refractivity contribution < 1.29 is 14.1 Å². The van der Waals surface area contributed by atoms with Crippen molar-refractivity contribution in [2.75, 3.05) is 10.6 Å². The van der Waals surface area contributed by atoms with E-state index in [1.807, 2.05) is 19.1 Å². The van der Waals surface area contributed by atoms with Gasteiger partial charge in [0.1, 0.15) is 5.76 Å². The van der Waals surface area contributed by atoms with Crippen molar-refractivity contribution >= 4 is 23.3 Å². The van der Waals surface area contributed by atoms with Crippen LogP contribution in [0.25, 0.3) is 0 Å². The van der Waals surface area contributed by atoms with Crippen molar-refractivity contribution in [1.29, 1.82) is 0 Å². The number of aryl methyl sites for hydroxylation is 2. The number of carbonyl (C=O) groups excluding carboxylic acids is 2. The van der Waals surface area contributed by atoms with Crippen LogP contribution in [0.3, 0.4) is 0 Å². The van der Waals surface area contributed by atoms with Gasteiger partial charge in [-0.3, -0.25) is 14.9 Å². The van der Waals surface area contributed by atoms with E-state index < -0.39 is 11.8 Å². The fourth-order valence-electron chi connectivity index (χ4n) is 1.49. The highest BCUT2D eigenvalue weighted by molar-refractivity contribution is 6.43. The lowest BCUT2D eigenvalue weighted by atomic mass is 10.2. The van der Waals surface area contributed by atoms with E-state index >= 15 is 0 Å². The highest BCUT2D eigenvalue weighted by Gasteiger charge is 2.16.